The molecule has 1 aromatic heterocycles. The second-order valence-corrected chi connectivity index (χ2v) is 4.40. The summed E-state index contributed by atoms with van der Waals surface area (Å²) in [5.74, 6) is -0.154. The number of nitrogens with zero attached hydrogens (tertiary/aromatic N) is 2. The summed E-state index contributed by atoms with van der Waals surface area (Å²) in [6.45, 7) is 2.45. The van der Waals surface area contributed by atoms with Gasteiger partial charge in [-0.05, 0) is 37.3 Å². The summed E-state index contributed by atoms with van der Waals surface area (Å²) in [4.78, 5) is 18.1. The quantitative estimate of drug-likeness (QED) is 0.876. The summed E-state index contributed by atoms with van der Waals surface area (Å²) < 4.78 is 0. The van der Waals surface area contributed by atoms with Gasteiger partial charge in [0.2, 0.25) is 0 Å². The first-order chi connectivity index (χ1) is 9.13. The molecule has 19 heavy (non-hydrogen) atoms. The molecule has 4 nitrogen and oxygen atoms in total. The Morgan fingerprint density at radius 1 is 1.32 bits per heavy atom. The van der Waals surface area contributed by atoms with Gasteiger partial charge in [-0.25, -0.2) is 0 Å². The van der Waals surface area contributed by atoms with Crippen molar-refractivity contribution in [2.75, 3.05) is 17.2 Å². The smallest absolute Gasteiger partial charge is 0.259 e. The normalized spacial score (nSPS) is 10.2. The monoisotopic (exact) mass is 275 g/mol. The number of carbonyl (C=O) groups excluding carboxylic acids is 1. The molecule has 0 unspecified atom stereocenters. The maximum atomic E-state index is 12.5. The molecule has 0 atom stereocenters. The Kier molecular flexibility index (Phi) is 4.02. The molecule has 0 aliphatic carbocycles. The molecule has 5 heteroatoms. The number of hydrogen-bond acceptors (Lipinski definition) is 3. The van der Waals surface area contributed by atoms with E-state index in [9.17, 15) is 4.79 Å². The molecular formula is C14H14ClN3O. The van der Waals surface area contributed by atoms with E-state index in [1.165, 1.54) is 0 Å². The van der Waals surface area contributed by atoms with Crippen LogP contribution in [0.1, 0.15) is 17.3 Å². The van der Waals surface area contributed by atoms with E-state index in [2.05, 4.69) is 4.98 Å². The highest BCUT2D eigenvalue weighted by Gasteiger charge is 2.18. The number of aromatic nitrogens is 1. The predicted octanol–water partition coefficient (Wildman–Crippen LogP) is 2.98. The van der Waals surface area contributed by atoms with E-state index in [1.54, 1.807) is 47.6 Å². The first-order valence-corrected chi connectivity index (χ1v) is 6.28. The van der Waals surface area contributed by atoms with Crippen LogP contribution in [0.3, 0.4) is 0 Å². The minimum absolute atomic E-state index is 0.154. The summed E-state index contributed by atoms with van der Waals surface area (Å²) in [5, 5.41) is 0.359. The van der Waals surface area contributed by atoms with E-state index in [0.717, 1.165) is 5.69 Å². The van der Waals surface area contributed by atoms with Crippen molar-refractivity contribution in [3.8, 4) is 0 Å². The van der Waals surface area contributed by atoms with Crippen LogP contribution in [0.25, 0.3) is 0 Å². The molecule has 0 saturated heterocycles. The summed E-state index contributed by atoms with van der Waals surface area (Å²) in [6, 6.07) is 8.46. The Morgan fingerprint density at radius 2 is 2.00 bits per heavy atom. The minimum atomic E-state index is -0.154. The molecule has 2 N–H and O–H groups in total. The van der Waals surface area contributed by atoms with Crippen molar-refractivity contribution in [1.29, 1.82) is 0 Å². The molecule has 1 amide bonds. The molecule has 98 valence electrons. The van der Waals surface area contributed by atoms with Gasteiger partial charge in [0.25, 0.3) is 5.91 Å². The van der Waals surface area contributed by atoms with E-state index in [1.807, 2.05) is 6.92 Å². The third kappa shape index (κ3) is 2.85. The third-order valence-electron chi connectivity index (χ3n) is 2.76. The molecule has 0 fully saturated rings. The van der Waals surface area contributed by atoms with Crippen molar-refractivity contribution in [2.24, 2.45) is 0 Å². The van der Waals surface area contributed by atoms with Crippen LogP contribution >= 0.6 is 11.6 Å². The molecule has 0 bridgehead atoms. The third-order valence-corrected chi connectivity index (χ3v) is 3.07. The number of anilines is 2. The zero-order valence-electron chi connectivity index (χ0n) is 10.5. The SMILES string of the molecule is CCN(C(=O)c1ccc(N)cc1Cl)c1ccncc1. The molecule has 0 aliphatic rings. The van der Waals surface area contributed by atoms with Gasteiger partial charge in [-0.15, -0.1) is 0 Å². The second kappa shape index (κ2) is 5.71. The lowest BCUT2D eigenvalue weighted by molar-refractivity contribution is 0.0988. The average Bonchev–Trinajstić information content (AvgIpc) is 2.40. The van der Waals surface area contributed by atoms with E-state index >= 15 is 0 Å². The van der Waals surface area contributed by atoms with E-state index in [-0.39, 0.29) is 5.91 Å². The molecule has 0 radical (unpaired) electrons. The molecule has 2 aromatic rings. The summed E-state index contributed by atoms with van der Waals surface area (Å²) >= 11 is 6.07. The Balaban J connectivity index is 2.36. The standard InChI is InChI=1S/C14H14ClN3O/c1-2-18(11-5-7-17-8-6-11)14(19)12-4-3-10(16)9-13(12)15/h3-9H,2,16H2,1H3. The first-order valence-electron chi connectivity index (χ1n) is 5.90. The molecule has 1 aromatic carbocycles. The summed E-state index contributed by atoms with van der Waals surface area (Å²) in [7, 11) is 0. The second-order valence-electron chi connectivity index (χ2n) is 3.99. The number of carbonyl (C=O) groups is 1. The van der Waals surface area contributed by atoms with Crippen LogP contribution in [0.5, 0.6) is 0 Å². The van der Waals surface area contributed by atoms with Crippen molar-refractivity contribution in [3.05, 3.63) is 53.3 Å². The van der Waals surface area contributed by atoms with Crippen LogP contribution in [-0.4, -0.2) is 17.4 Å². The lowest BCUT2D eigenvalue weighted by Crippen LogP contribution is -2.30. The molecule has 0 aliphatic heterocycles. The van der Waals surface area contributed by atoms with Gasteiger partial charge in [0.1, 0.15) is 0 Å². The largest absolute Gasteiger partial charge is 0.399 e. The van der Waals surface area contributed by atoms with Crippen LogP contribution < -0.4 is 10.6 Å². The summed E-state index contributed by atoms with van der Waals surface area (Å²) in [6.07, 6.45) is 3.30. The maximum absolute atomic E-state index is 12.5. The van der Waals surface area contributed by atoms with Gasteiger partial charge in [0.05, 0.1) is 10.6 Å². The molecule has 0 spiro atoms. The Labute approximate surface area is 116 Å². The van der Waals surface area contributed by atoms with Crippen molar-refractivity contribution in [3.63, 3.8) is 0 Å². The van der Waals surface area contributed by atoms with Gasteiger partial charge in [0.15, 0.2) is 0 Å². The number of nitrogen functional groups attached to an aromatic ring is 1. The molecule has 1 heterocycles. The lowest BCUT2D eigenvalue weighted by Gasteiger charge is -2.21. The Morgan fingerprint density at radius 3 is 2.58 bits per heavy atom. The van der Waals surface area contributed by atoms with Gasteiger partial charge in [0, 0.05) is 30.3 Å². The van der Waals surface area contributed by atoms with Crippen LogP contribution in [0.2, 0.25) is 5.02 Å². The fraction of sp³-hybridized carbons (Fsp3) is 0.143. The van der Waals surface area contributed by atoms with Crippen molar-refractivity contribution < 1.29 is 4.79 Å². The van der Waals surface area contributed by atoms with Crippen molar-refractivity contribution in [1.82, 2.24) is 4.98 Å². The Hall–Kier alpha value is -2.07. The van der Waals surface area contributed by atoms with Gasteiger partial charge in [-0.2, -0.15) is 0 Å². The fourth-order valence-electron chi connectivity index (χ4n) is 1.82. The van der Waals surface area contributed by atoms with Crippen LogP contribution in [0.4, 0.5) is 11.4 Å². The van der Waals surface area contributed by atoms with Crippen molar-refractivity contribution in [2.45, 2.75) is 6.92 Å². The van der Waals surface area contributed by atoms with Crippen LogP contribution in [-0.2, 0) is 0 Å². The number of halogens is 1. The molecule has 2 rings (SSSR count). The average molecular weight is 276 g/mol. The van der Waals surface area contributed by atoms with E-state index in [0.29, 0.717) is 22.8 Å². The van der Waals surface area contributed by atoms with Crippen molar-refractivity contribution >= 4 is 28.9 Å². The number of hydrogen-bond donors (Lipinski definition) is 1. The van der Waals surface area contributed by atoms with E-state index in [4.69, 9.17) is 17.3 Å². The fourth-order valence-corrected chi connectivity index (χ4v) is 2.09. The predicted molar refractivity (Wildman–Crippen MR) is 77.5 cm³/mol. The highest BCUT2D eigenvalue weighted by Crippen LogP contribution is 2.23. The number of nitrogens with two attached hydrogens (primary N) is 1. The maximum Gasteiger partial charge on any atom is 0.259 e. The van der Waals surface area contributed by atoms with Gasteiger partial charge in [-0.1, -0.05) is 11.6 Å². The van der Waals surface area contributed by atoms with Gasteiger partial charge in [-0.3, -0.25) is 9.78 Å². The number of rotatable bonds is 3. The van der Waals surface area contributed by atoms with Gasteiger partial charge < -0.3 is 10.6 Å². The highest BCUT2D eigenvalue weighted by atomic mass is 35.5. The first kappa shape index (κ1) is 13.4. The van der Waals surface area contributed by atoms with Gasteiger partial charge >= 0.3 is 0 Å². The number of pyridine rings is 1. The number of amides is 1. The zero-order chi connectivity index (χ0) is 13.8. The summed E-state index contributed by atoms with van der Waals surface area (Å²) in [5.41, 5.74) is 7.39. The van der Waals surface area contributed by atoms with Crippen LogP contribution in [0, 0.1) is 0 Å². The van der Waals surface area contributed by atoms with E-state index < -0.39 is 0 Å². The lowest BCUT2D eigenvalue weighted by atomic mass is 10.1. The van der Waals surface area contributed by atoms with Crippen LogP contribution in [0.15, 0.2) is 42.7 Å². The zero-order valence-corrected chi connectivity index (χ0v) is 11.3. The topological polar surface area (TPSA) is 59.2 Å². The molecular weight excluding hydrogens is 262 g/mol. The minimum Gasteiger partial charge on any atom is -0.399 e. The highest BCUT2D eigenvalue weighted by molar-refractivity contribution is 6.34. The molecule has 0 saturated carbocycles. The number of benzene rings is 1. The Bertz CT molecular complexity index is 586.